The van der Waals surface area contributed by atoms with Crippen molar-refractivity contribution in [3.63, 3.8) is 0 Å². The summed E-state index contributed by atoms with van der Waals surface area (Å²) >= 11 is 0. The monoisotopic (exact) mass is 338 g/mol. The minimum Gasteiger partial charge on any atom is -0.332 e. The number of benzene rings is 2. The van der Waals surface area contributed by atoms with Crippen molar-refractivity contribution in [2.75, 3.05) is 31.5 Å². The van der Waals surface area contributed by atoms with Gasteiger partial charge in [0, 0.05) is 23.7 Å². The van der Waals surface area contributed by atoms with Gasteiger partial charge in [0.1, 0.15) is 6.54 Å². The van der Waals surface area contributed by atoms with E-state index in [1.807, 2.05) is 59.5 Å². The Morgan fingerprint density at radius 2 is 1.64 bits per heavy atom. The summed E-state index contributed by atoms with van der Waals surface area (Å²) in [6, 6.07) is 17.2. The fourth-order valence-corrected chi connectivity index (χ4v) is 3.10. The smallest absolute Gasteiger partial charge is 0.255 e. The summed E-state index contributed by atoms with van der Waals surface area (Å²) in [5, 5.41) is 2.89. The number of anilines is 1. The van der Waals surface area contributed by atoms with E-state index in [4.69, 9.17) is 0 Å². The van der Waals surface area contributed by atoms with Crippen LogP contribution in [0.3, 0.4) is 0 Å². The molecule has 0 unspecified atom stereocenters. The average molecular weight is 338 g/mol. The Kier molecular flexibility index (Phi) is 5.46. The second-order valence-corrected chi connectivity index (χ2v) is 6.45. The van der Waals surface area contributed by atoms with Crippen LogP contribution in [-0.2, 0) is 11.3 Å². The Balaban J connectivity index is 1.54. The molecule has 2 N–H and O–H groups in total. The van der Waals surface area contributed by atoms with Crippen molar-refractivity contribution in [2.45, 2.75) is 13.5 Å². The third kappa shape index (κ3) is 4.67. The Morgan fingerprint density at radius 3 is 2.24 bits per heavy atom. The first-order valence-corrected chi connectivity index (χ1v) is 8.66. The van der Waals surface area contributed by atoms with E-state index in [-0.39, 0.29) is 11.8 Å². The lowest BCUT2D eigenvalue weighted by atomic mass is 10.1. The molecule has 2 aromatic carbocycles. The van der Waals surface area contributed by atoms with Crippen LogP contribution in [0.1, 0.15) is 22.8 Å². The van der Waals surface area contributed by atoms with Gasteiger partial charge in [-0.1, -0.05) is 30.3 Å². The molecule has 130 valence electrons. The average Bonchev–Trinajstić information content (AvgIpc) is 2.63. The van der Waals surface area contributed by atoms with Gasteiger partial charge in [0.2, 0.25) is 5.91 Å². The highest BCUT2D eigenvalue weighted by Gasteiger charge is 2.21. The molecule has 0 aliphatic carbocycles. The number of hydrogen-bond acceptors (Lipinski definition) is 2. The molecule has 0 atom stereocenters. The summed E-state index contributed by atoms with van der Waals surface area (Å²) in [6.45, 7) is 6.13. The maximum atomic E-state index is 12.3. The SMILES string of the molecule is CC(=O)N1CC[NH+](Cc2ccc(C(=O)Nc3ccccc3)cc2)CC1. The Labute approximate surface area is 148 Å². The number of nitrogens with one attached hydrogen (secondary N) is 2. The van der Waals surface area contributed by atoms with Crippen LogP contribution >= 0.6 is 0 Å². The van der Waals surface area contributed by atoms with Gasteiger partial charge in [-0.15, -0.1) is 0 Å². The minimum absolute atomic E-state index is 0.0971. The predicted molar refractivity (Wildman–Crippen MR) is 97.5 cm³/mol. The third-order valence-corrected chi connectivity index (χ3v) is 4.62. The molecule has 0 saturated carbocycles. The zero-order chi connectivity index (χ0) is 17.6. The maximum Gasteiger partial charge on any atom is 0.255 e. The number of hydrogen-bond donors (Lipinski definition) is 2. The summed E-state index contributed by atoms with van der Waals surface area (Å²) in [6.07, 6.45) is 0. The molecule has 3 rings (SSSR count). The van der Waals surface area contributed by atoms with Gasteiger partial charge in [-0.3, -0.25) is 9.59 Å². The van der Waals surface area contributed by atoms with Gasteiger partial charge in [0.15, 0.2) is 0 Å². The summed E-state index contributed by atoms with van der Waals surface area (Å²) in [4.78, 5) is 27.0. The van der Waals surface area contributed by atoms with Gasteiger partial charge in [0.05, 0.1) is 26.2 Å². The van der Waals surface area contributed by atoms with Gasteiger partial charge >= 0.3 is 0 Å². The van der Waals surface area contributed by atoms with Crippen LogP contribution in [0, 0.1) is 0 Å². The summed E-state index contributed by atoms with van der Waals surface area (Å²) < 4.78 is 0. The number of quaternary nitrogens is 1. The topological polar surface area (TPSA) is 53.9 Å². The molecule has 2 amide bonds. The lowest BCUT2D eigenvalue weighted by Crippen LogP contribution is -3.13. The molecule has 25 heavy (non-hydrogen) atoms. The highest BCUT2D eigenvalue weighted by molar-refractivity contribution is 6.04. The van der Waals surface area contributed by atoms with Crippen molar-refractivity contribution in [3.05, 3.63) is 65.7 Å². The molecule has 0 aromatic heterocycles. The highest BCUT2D eigenvalue weighted by Crippen LogP contribution is 2.09. The molecule has 1 heterocycles. The van der Waals surface area contributed by atoms with Crippen LogP contribution in [0.5, 0.6) is 0 Å². The molecule has 1 fully saturated rings. The van der Waals surface area contributed by atoms with E-state index in [1.54, 1.807) is 6.92 Å². The summed E-state index contributed by atoms with van der Waals surface area (Å²) in [7, 11) is 0. The van der Waals surface area contributed by atoms with Gasteiger partial charge in [-0.2, -0.15) is 0 Å². The molecular formula is C20H24N3O2+. The minimum atomic E-state index is -0.0971. The number of rotatable bonds is 4. The van der Waals surface area contributed by atoms with Crippen LogP contribution < -0.4 is 10.2 Å². The molecule has 1 aliphatic heterocycles. The summed E-state index contributed by atoms with van der Waals surface area (Å²) in [5.41, 5.74) is 2.66. The van der Waals surface area contributed by atoms with E-state index in [0.717, 1.165) is 38.4 Å². The van der Waals surface area contributed by atoms with Gasteiger partial charge < -0.3 is 15.1 Å². The van der Waals surface area contributed by atoms with E-state index in [1.165, 1.54) is 10.5 Å². The first kappa shape index (κ1) is 17.2. The van der Waals surface area contributed by atoms with E-state index in [9.17, 15) is 9.59 Å². The van der Waals surface area contributed by atoms with E-state index in [2.05, 4.69) is 5.32 Å². The molecule has 5 nitrogen and oxygen atoms in total. The number of para-hydroxylation sites is 1. The zero-order valence-corrected chi connectivity index (χ0v) is 14.5. The number of carbonyl (C=O) groups excluding carboxylic acids is 2. The van der Waals surface area contributed by atoms with Crippen molar-refractivity contribution in [1.29, 1.82) is 0 Å². The number of nitrogens with zero attached hydrogens (tertiary/aromatic N) is 1. The quantitative estimate of drug-likeness (QED) is 0.880. The normalized spacial score (nSPS) is 15.0. The van der Waals surface area contributed by atoms with Gasteiger partial charge in [-0.25, -0.2) is 0 Å². The van der Waals surface area contributed by atoms with Crippen molar-refractivity contribution < 1.29 is 14.5 Å². The van der Waals surface area contributed by atoms with Gasteiger partial charge in [0.25, 0.3) is 5.91 Å². The molecular weight excluding hydrogens is 314 g/mol. The lowest BCUT2D eigenvalue weighted by molar-refractivity contribution is -0.917. The molecule has 0 bridgehead atoms. The van der Waals surface area contributed by atoms with E-state index in [0.29, 0.717) is 5.56 Å². The van der Waals surface area contributed by atoms with Crippen LogP contribution in [0.25, 0.3) is 0 Å². The van der Waals surface area contributed by atoms with Crippen LogP contribution in [0.15, 0.2) is 54.6 Å². The second kappa shape index (κ2) is 7.94. The number of amides is 2. The van der Waals surface area contributed by atoms with E-state index < -0.39 is 0 Å². The highest BCUT2D eigenvalue weighted by atomic mass is 16.2. The van der Waals surface area contributed by atoms with Gasteiger partial charge in [-0.05, 0) is 24.3 Å². The van der Waals surface area contributed by atoms with E-state index >= 15 is 0 Å². The fourth-order valence-electron chi connectivity index (χ4n) is 3.10. The maximum absolute atomic E-state index is 12.3. The molecule has 1 saturated heterocycles. The molecule has 0 spiro atoms. The largest absolute Gasteiger partial charge is 0.332 e. The molecule has 2 aromatic rings. The summed E-state index contributed by atoms with van der Waals surface area (Å²) in [5.74, 6) is 0.0630. The first-order valence-electron chi connectivity index (χ1n) is 8.66. The second-order valence-electron chi connectivity index (χ2n) is 6.45. The third-order valence-electron chi connectivity index (χ3n) is 4.62. The van der Waals surface area contributed by atoms with Crippen molar-refractivity contribution in [2.24, 2.45) is 0 Å². The zero-order valence-electron chi connectivity index (χ0n) is 14.5. The van der Waals surface area contributed by atoms with Crippen LogP contribution in [0.2, 0.25) is 0 Å². The number of carbonyl (C=O) groups is 2. The molecule has 5 heteroatoms. The first-order chi connectivity index (χ1) is 12.1. The van der Waals surface area contributed by atoms with Crippen LogP contribution in [-0.4, -0.2) is 42.9 Å². The predicted octanol–water partition coefficient (Wildman–Crippen LogP) is 1.19. The standard InChI is InChI=1S/C20H23N3O2/c1-16(24)23-13-11-22(12-14-23)15-17-7-9-18(10-8-17)20(25)21-19-5-3-2-4-6-19/h2-10H,11-15H2,1H3,(H,21,25)/p+1. The van der Waals surface area contributed by atoms with Crippen molar-refractivity contribution >= 4 is 17.5 Å². The molecule has 0 radical (unpaired) electrons. The van der Waals surface area contributed by atoms with Crippen molar-refractivity contribution in [3.8, 4) is 0 Å². The van der Waals surface area contributed by atoms with Crippen LogP contribution in [0.4, 0.5) is 5.69 Å². The molecule has 1 aliphatic rings. The Morgan fingerprint density at radius 1 is 1.00 bits per heavy atom. The fraction of sp³-hybridized carbons (Fsp3) is 0.300. The number of piperazine rings is 1. The Bertz CT molecular complexity index is 720. The lowest BCUT2D eigenvalue weighted by Gasteiger charge is -2.31. The van der Waals surface area contributed by atoms with Crippen molar-refractivity contribution in [1.82, 2.24) is 4.90 Å². The Hall–Kier alpha value is -2.66.